The van der Waals surface area contributed by atoms with Gasteiger partial charge < -0.3 is 14.2 Å². The van der Waals surface area contributed by atoms with Gasteiger partial charge >= 0.3 is 0 Å². The Morgan fingerprint density at radius 3 is 2.53 bits per heavy atom. The number of carbonyl (C=O) groups is 2. The zero-order valence-electron chi connectivity index (χ0n) is 18.6. The highest BCUT2D eigenvalue weighted by Crippen LogP contribution is 2.40. The van der Waals surface area contributed by atoms with Crippen molar-refractivity contribution in [1.82, 2.24) is 0 Å². The molecule has 0 unspecified atom stereocenters. The van der Waals surface area contributed by atoms with Gasteiger partial charge in [-0.15, -0.1) is 0 Å². The molecule has 0 saturated carbocycles. The first-order valence-electron chi connectivity index (χ1n) is 10.5. The first-order chi connectivity index (χ1) is 16.5. The van der Waals surface area contributed by atoms with Gasteiger partial charge in [-0.3, -0.25) is 9.59 Å². The highest BCUT2D eigenvalue weighted by atomic mass is 35.5. The maximum absolute atomic E-state index is 13.0. The van der Waals surface area contributed by atoms with Crippen molar-refractivity contribution in [3.63, 3.8) is 0 Å². The number of halogens is 1. The van der Waals surface area contributed by atoms with Gasteiger partial charge in [0.2, 0.25) is 0 Å². The molecule has 3 aromatic rings. The van der Waals surface area contributed by atoms with Crippen LogP contribution in [-0.2, 0) is 11.4 Å². The smallest absolute Gasteiger partial charge is 0.298 e. The second-order valence-corrected chi connectivity index (χ2v) is 8.68. The third-order valence-electron chi connectivity index (χ3n) is 4.97. The van der Waals surface area contributed by atoms with Crippen LogP contribution in [0.1, 0.15) is 18.1 Å². The van der Waals surface area contributed by atoms with Crippen LogP contribution in [0.3, 0.4) is 0 Å². The van der Waals surface area contributed by atoms with E-state index in [4.69, 9.17) is 25.8 Å². The molecule has 0 radical (unpaired) electrons. The van der Waals surface area contributed by atoms with Crippen LogP contribution < -0.4 is 19.1 Å². The van der Waals surface area contributed by atoms with E-state index in [1.165, 1.54) is 7.11 Å². The lowest BCUT2D eigenvalue weighted by Gasteiger charge is -2.15. The Morgan fingerprint density at radius 2 is 1.76 bits per heavy atom. The van der Waals surface area contributed by atoms with Gasteiger partial charge in [0.05, 0.1) is 24.3 Å². The van der Waals surface area contributed by atoms with Crippen molar-refractivity contribution in [1.29, 1.82) is 0 Å². The van der Waals surface area contributed by atoms with E-state index >= 15 is 0 Å². The molecule has 1 aliphatic heterocycles. The van der Waals surface area contributed by atoms with Crippen LogP contribution >= 0.6 is 23.4 Å². The molecule has 174 valence electrons. The van der Waals surface area contributed by atoms with E-state index in [1.54, 1.807) is 48.5 Å². The number of amides is 2. The van der Waals surface area contributed by atoms with Crippen molar-refractivity contribution >= 4 is 46.3 Å². The lowest BCUT2D eigenvalue weighted by molar-refractivity contribution is -0.113. The molecule has 4 rings (SSSR count). The molecular formula is C26H22ClNO5S. The minimum Gasteiger partial charge on any atom is -0.495 e. The normalized spacial score (nSPS) is 14.6. The van der Waals surface area contributed by atoms with Crippen molar-refractivity contribution in [2.24, 2.45) is 0 Å². The zero-order chi connectivity index (χ0) is 24.1. The van der Waals surface area contributed by atoms with Gasteiger partial charge in [0.25, 0.3) is 11.1 Å². The van der Waals surface area contributed by atoms with Crippen LogP contribution in [0.25, 0.3) is 6.08 Å². The third-order valence-corrected chi connectivity index (χ3v) is 6.07. The summed E-state index contributed by atoms with van der Waals surface area (Å²) in [6, 6.07) is 19.7. The molecule has 0 aliphatic carbocycles. The van der Waals surface area contributed by atoms with E-state index in [-0.39, 0.29) is 5.24 Å². The molecule has 1 fully saturated rings. The minimum absolute atomic E-state index is 0.311. The van der Waals surface area contributed by atoms with Crippen LogP contribution in [-0.4, -0.2) is 24.9 Å². The number of carbonyl (C=O) groups excluding carboxylic acids is 2. The standard InChI is InChI=1S/C26H22ClNO5S/c1-3-32-23-14-17(11-12-22(23)33-16-18-7-6-8-19(27)13-18)15-24-25(29)28(26(30)34-24)20-9-4-5-10-21(20)31-2/h4-15H,3,16H2,1-2H3/b24-15-. The predicted octanol–water partition coefficient (Wildman–Crippen LogP) is 6.57. The van der Waals surface area contributed by atoms with Crippen LogP contribution in [0.15, 0.2) is 71.6 Å². The fourth-order valence-corrected chi connectivity index (χ4v) is 4.48. The summed E-state index contributed by atoms with van der Waals surface area (Å²) in [5, 5.41) is 0.260. The van der Waals surface area contributed by atoms with E-state index in [1.807, 2.05) is 31.2 Å². The Labute approximate surface area is 207 Å². The maximum Gasteiger partial charge on any atom is 0.298 e. The molecule has 0 atom stereocenters. The summed E-state index contributed by atoms with van der Waals surface area (Å²) in [5.41, 5.74) is 2.06. The molecule has 6 nitrogen and oxygen atoms in total. The average molecular weight is 496 g/mol. The minimum atomic E-state index is -0.404. The average Bonchev–Trinajstić information content (AvgIpc) is 3.11. The highest BCUT2D eigenvalue weighted by molar-refractivity contribution is 8.19. The first-order valence-corrected chi connectivity index (χ1v) is 11.7. The number of para-hydroxylation sites is 2. The molecule has 1 aliphatic rings. The van der Waals surface area contributed by atoms with Gasteiger partial charge in [-0.05, 0) is 72.3 Å². The lowest BCUT2D eigenvalue weighted by Crippen LogP contribution is -2.28. The molecular weight excluding hydrogens is 474 g/mol. The zero-order valence-corrected chi connectivity index (χ0v) is 20.2. The summed E-state index contributed by atoms with van der Waals surface area (Å²) < 4.78 is 17.0. The Kier molecular flexibility index (Phi) is 7.45. The molecule has 0 bridgehead atoms. The highest BCUT2D eigenvalue weighted by Gasteiger charge is 2.37. The Bertz CT molecular complexity index is 1260. The van der Waals surface area contributed by atoms with Crippen LogP contribution in [0.5, 0.6) is 17.2 Å². The Morgan fingerprint density at radius 1 is 0.941 bits per heavy atom. The maximum atomic E-state index is 13.0. The Balaban J connectivity index is 1.57. The fourth-order valence-electron chi connectivity index (χ4n) is 3.43. The van der Waals surface area contributed by atoms with Crippen LogP contribution in [0, 0.1) is 0 Å². The van der Waals surface area contributed by atoms with Crippen LogP contribution in [0.2, 0.25) is 5.02 Å². The number of imide groups is 1. The molecule has 2 amide bonds. The second kappa shape index (κ2) is 10.7. The number of anilines is 1. The number of ether oxygens (including phenoxy) is 3. The topological polar surface area (TPSA) is 65.1 Å². The SMILES string of the molecule is CCOc1cc(/C=C2\SC(=O)N(c3ccccc3OC)C2=O)ccc1OCc1cccc(Cl)c1. The van der Waals surface area contributed by atoms with Crippen molar-refractivity contribution < 1.29 is 23.8 Å². The summed E-state index contributed by atoms with van der Waals surface area (Å²) >= 11 is 6.93. The molecule has 0 N–H and O–H groups in total. The fraction of sp³-hybridized carbons (Fsp3) is 0.154. The van der Waals surface area contributed by atoms with Gasteiger partial charge in [-0.1, -0.05) is 41.9 Å². The van der Waals surface area contributed by atoms with Gasteiger partial charge in [0.1, 0.15) is 12.4 Å². The quantitative estimate of drug-likeness (QED) is 0.329. The number of thioether (sulfide) groups is 1. The van der Waals surface area contributed by atoms with Gasteiger partial charge in [-0.25, -0.2) is 4.90 Å². The van der Waals surface area contributed by atoms with Crippen LogP contribution in [0.4, 0.5) is 10.5 Å². The molecule has 0 spiro atoms. The largest absolute Gasteiger partial charge is 0.495 e. The number of hydrogen-bond acceptors (Lipinski definition) is 6. The van der Waals surface area contributed by atoms with E-state index in [9.17, 15) is 9.59 Å². The first kappa shape index (κ1) is 23.7. The Hall–Kier alpha value is -3.42. The molecule has 0 aromatic heterocycles. The summed E-state index contributed by atoms with van der Waals surface area (Å²) in [4.78, 5) is 27.1. The van der Waals surface area contributed by atoms with Crippen molar-refractivity contribution in [3.05, 3.63) is 87.8 Å². The van der Waals surface area contributed by atoms with Gasteiger partial charge in [0, 0.05) is 5.02 Å². The second-order valence-electron chi connectivity index (χ2n) is 7.25. The van der Waals surface area contributed by atoms with Crippen molar-refractivity contribution in [2.75, 3.05) is 18.6 Å². The van der Waals surface area contributed by atoms with Crippen molar-refractivity contribution in [2.45, 2.75) is 13.5 Å². The molecule has 1 heterocycles. The monoisotopic (exact) mass is 495 g/mol. The number of nitrogens with zero attached hydrogens (tertiary/aromatic N) is 1. The van der Waals surface area contributed by atoms with E-state index < -0.39 is 5.91 Å². The summed E-state index contributed by atoms with van der Waals surface area (Å²) in [5.74, 6) is 1.16. The third kappa shape index (κ3) is 5.21. The number of benzene rings is 3. The van der Waals surface area contributed by atoms with Gasteiger partial charge in [-0.2, -0.15) is 0 Å². The number of hydrogen-bond donors (Lipinski definition) is 0. The summed E-state index contributed by atoms with van der Waals surface area (Å²) in [6.07, 6.45) is 1.67. The lowest BCUT2D eigenvalue weighted by atomic mass is 10.1. The summed E-state index contributed by atoms with van der Waals surface area (Å²) in [7, 11) is 1.50. The van der Waals surface area contributed by atoms with E-state index in [0.29, 0.717) is 51.6 Å². The van der Waals surface area contributed by atoms with Crippen molar-refractivity contribution in [3.8, 4) is 17.2 Å². The van der Waals surface area contributed by atoms with Gasteiger partial charge in [0.15, 0.2) is 11.5 Å². The summed E-state index contributed by atoms with van der Waals surface area (Å²) in [6.45, 7) is 2.66. The molecule has 34 heavy (non-hydrogen) atoms. The molecule has 8 heteroatoms. The number of methoxy groups -OCH3 is 1. The molecule has 1 saturated heterocycles. The predicted molar refractivity (Wildman–Crippen MR) is 135 cm³/mol. The number of rotatable bonds is 8. The van der Waals surface area contributed by atoms with E-state index in [0.717, 1.165) is 22.2 Å². The molecule has 3 aromatic carbocycles. The van der Waals surface area contributed by atoms with E-state index in [2.05, 4.69) is 0 Å².